The number of ether oxygens (including phenoxy) is 2. The molecular weight excluding hydrogens is 336 g/mol. The Morgan fingerprint density at radius 1 is 1.21 bits per heavy atom. The standard InChI is InChI=1S/C15H22N2O6S/c1-4-17-24(20,21)13-7-5-12(6-8-13)15(19)23-11(2)14(18)16-9-10-22-3/h5-8,11,17H,4,9-10H2,1-3H3,(H,16,18)/t11-/m0/s1. The van der Waals surface area contributed by atoms with Crippen molar-refractivity contribution < 1.29 is 27.5 Å². The first kappa shape index (κ1) is 20.1. The lowest BCUT2D eigenvalue weighted by Crippen LogP contribution is -2.37. The third kappa shape index (κ3) is 5.91. The van der Waals surface area contributed by atoms with E-state index < -0.39 is 28.0 Å². The van der Waals surface area contributed by atoms with Crippen molar-refractivity contribution in [3.63, 3.8) is 0 Å². The lowest BCUT2D eigenvalue weighted by atomic mass is 10.2. The van der Waals surface area contributed by atoms with Gasteiger partial charge in [-0.15, -0.1) is 0 Å². The van der Waals surface area contributed by atoms with E-state index in [4.69, 9.17) is 9.47 Å². The highest BCUT2D eigenvalue weighted by Gasteiger charge is 2.19. The van der Waals surface area contributed by atoms with Gasteiger partial charge in [0.05, 0.1) is 17.1 Å². The Morgan fingerprint density at radius 2 is 1.83 bits per heavy atom. The molecule has 0 aliphatic heterocycles. The summed E-state index contributed by atoms with van der Waals surface area (Å²) in [6, 6.07) is 5.28. The molecule has 24 heavy (non-hydrogen) atoms. The number of amides is 1. The highest BCUT2D eigenvalue weighted by Crippen LogP contribution is 2.12. The molecule has 0 aliphatic rings. The summed E-state index contributed by atoms with van der Waals surface area (Å²) in [6.07, 6.45) is -0.973. The molecule has 1 amide bonds. The Labute approximate surface area is 141 Å². The fourth-order valence-corrected chi connectivity index (χ4v) is 2.79. The molecule has 0 aliphatic carbocycles. The van der Waals surface area contributed by atoms with Crippen LogP contribution in [0.25, 0.3) is 0 Å². The molecule has 0 saturated heterocycles. The van der Waals surface area contributed by atoms with E-state index in [1.54, 1.807) is 6.92 Å². The summed E-state index contributed by atoms with van der Waals surface area (Å²) < 4.78 is 35.8. The lowest BCUT2D eigenvalue weighted by Gasteiger charge is -2.13. The molecule has 0 aromatic heterocycles. The Kier molecular flexibility index (Phi) is 7.83. The molecular formula is C15H22N2O6S. The van der Waals surface area contributed by atoms with Crippen LogP contribution in [0.4, 0.5) is 0 Å². The maximum atomic E-state index is 12.0. The summed E-state index contributed by atoms with van der Waals surface area (Å²) in [5.74, 6) is -1.15. The van der Waals surface area contributed by atoms with Gasteiger partial charge >= 0.3 is 5.97 Å². The second-order valence-corrected chi connectivity index (χ2v) is 6.62. The minimum Gasteiger partial charge on any atom is -0.449 e. The van der Waals surface area contributed by atoms with Crippen LogP contribution >= 0.6 is 0 Å². The molecule has 9 heteroatoms. The van der Waals surface area contributed by atoms with Crippen LogP contribution in [0.5, 0.6) is 0 Å². The Bertz CT molecular complexity index is 657. The molecule has 0 bridgehead atoms. The number of esters is 1. The fourth-order valence-electron chi connectivity index (χ4n) is 1.75. The van der Waals surface area contributed by atoms with Crippen LogP contribution < -0.4 is 10.0 Å². The van der Waals surface area contributed by atoms with E-state index >= 15 is 0 Å². The third-order valence-corrected chi connectivity index (χ3v) is 4.55. The van der Waals surface area contributed by atoms with E-state index in [9.17, 15) is 18.0 Å². The third-order valence-electron chi connectivity index (χ3n) is 2.99. The summed E-state index contributed by atoms with van der Waals surface area (Å²) >= 11 is 0. The summed E-state index contributed by atoms with van der Waals surface area (Å²) in [5.41, 5.74) is 0.155. The molecule has 1 aromatic rings. The van der Waals surface area contributed by atoms with E-state index in [-0.39, 0.29) is 17.0 Å². The van der Waals surface area contributed by atoms with Gasteiger partial charge in [-0.25, -0.2) is 17.9 Å². The summed E-state index contributed by atoms with van der Waals surface area (Å²) in [4.78, 5) is 23.7. The average Bonchev–Trinajstić information content (AvgIpc) is 2.55. The van der Waals surface area contributed by atoms with Gasteiger partial charge in [-0.05, 0) is 31.2 Å². The Morgan fingerprint density at radius 3 is 2.38 bits per heavy atom. The van der Waals surface area contributed by atoms with Gasteiger partial charge in [0, 0.05) is 20.2 Å². The van der Waals surface area contributed by atoms with Crippen molar-refractivity contribution >= 4 is 21.9 Å². The first-order valence-electron chi connectivity index (χ1n) is 7.39. The smallest absolute Gasteiger partial charge is 0.338 e. The molecule has 0 unspecified atom stereocenters. The highest BCUT2D eigenvalue weighted by atomic mass is 32.2. The zero-order valence-electron chi connectivity index (χ0n) is 13.9. The maximum absolute atomic E-state index is 12.0. The topological polar surface area (TPSA) is 111 Å². The van der Waals surface area contributed by atoms with E-state index in [2.05, 4.69) is 10.0 Å². The highest BCUT2D eigenvalue weighted by molar-refractivity contribution is 7.89. The van der Waals surface area contributed by atoms with Crippen molar-refractivity contribution in [2.45, 2.75) is 24.8 Å². The molecule has 0 saturated carbocycles. The maximum Gasteiger partial charge on any atom is 0.338 e. The minimum absolute atomic E-state index is 0.0475. The zero-order chi connectivity index (χ0) is 18.2. The van der Waals surface area contributed by atoms with E-state index in [0.717, 1.165) is 0 Å². The second-order valence-electron chi connectivity index (χ2n) is 4.86. The molecule has 0 radical (unpaired) electrons. The Hall–Kier alpha value is -1.97. The van der Waals surface area contributed by atoms with Crippen molar-refractivity contribution in [2.75, 3.05) is 26.8 Å². The molecule has 0 heterocycles. The summed E-state index contributed by atoms with van der Waals surface area (Å²) in [5, 5.41) is 2.55. The Balaban J connectivity index is 2.67. The van der Waals surface area contributed by atoms with Crippen molar-refractivity contribution in [3.05, 3.63) is 29.8 Å². The number of sulfonamides is 1. The number of carbonyl (C=O) groups excluding carboxylic acids is 2. The van der Waals surface area contributed by atoms with E-state index in [0.29, 0.717) is 13.2 Å². The van der Waals surface area contributed by atoms with Crippen LogP contribution in [0.2, 0.25) is 0 Å². The van der Waals surface area contributed by atoms with Crippen molar-refractivity contribution in [3.8, 4) is 0 Å². The van der Waals surface area contributed by atoms with Gasteiger partial charge in [0.2, 0.25) is 10.0 Å². The predicted molar refractivity (Wildman–Crippen MR) is 87.1 cm³/mol. The number of methoxy groups -OCH3 is 1. The van der Waals surface area contributed by atoms with Crippen LogP contribution in [0.15, 0.2) is 29.2 Å². The van der Waals surface area contributed by atoms with Crippen LogP contribution in [0.1, 0.15) is 24.2 Å². The number of hydrogen-bond donors (Lipinski definition) is 2. The van der Waals surface area contributed by atoms with E-state index in [1.165, 1.54) is 38.3 Å². The van der Waals surface area contributed by atoms with E-state index in [1.807, 2.05) is 0 Å². The second kappa shape index (κ2) is 9.36. The van der Waals surface area contributed by atoms with Gasteiger partial charge in [0.15, 0.2) is 6.10 Å². The first-order valence-corrected chi connectivity index (χ1v) is 8.87. The van der Waals surface area contributed by atoms with Crippen LogP contribution in [-0.4, -0.2) is 53.2 Å². The number of benzene rings is 1. The lowest BCUT2D eigenvalue weighted by molar-refractivity contribution is -0.129. The van der Waals surface area contributed by atoms with Gasteiger partial charge in [0.1, 0.15) is 0 Å². The number of nitrogens with one attached hydrogen (secondary N) is 2. The van der Waals surface area contributed by atoms with Gasteiger partial charge < -0.3 is 14.8 Å². The van der Waals surface area contributed by atoms with Crippen molar-refractivity contribution in [1.82, 2.24) is 10.0 Å². The molecule has 1 rings (SSSR count). The largest absolute Gasteiger partial charge is 0.449 e. The average molecular weight is 358 g/mol. The summed E-state index contributed by atoms with van der Waals surface area (Å²) in [7, 11) is -2.07. The van der Waals surface area contributed by atoms with Gasteiger partial charge in [-0.2, -0.15) is 0 Å². The van der Waals surface area contributed by atoms with Crippen LogP contribution in [0, 0.1) is 0 Å². The minimum atomic E-state index is -3.58. The normalized spacial score (nSPS) is 12.5. The molecule has 134 valence electrons. The van der Waals surface area contributed by atoms with Crippen molar-refractivity contribution in [1.29, 1.82) is 0 Å². The molecule has 1 atom stereocenters. The first-order chi connectivity index (χ1) is 11.3. The SMILES string of the molecule is CCNS(=O)(=O)c1ccc(C(=O)O[C@@H](C)C(=O)NCCOC)cc1. The van der Waals surface area contributed by atoms with Gasteiger partial charge in [-0.3, -0.25) is 4.79 Å². The molecule has 1 aromatic carbocycles. The van der Waals surface area contributed by atoms with Gasteiger partial charge in [0.25, 0.3) is 5.91 Å². The zero-order valence-corrected chi connectivity index (χ0v) is 14.7. The van der Waals surface area contributed by atoms with Gasteiger partial charge in [-0.1, -0.05) is 6.92 Å². The van der Waals surface area contributed by atoms with Crippen LogP contribution in [-0.2, 0) is 24.3 Å². The summed E-state index contributed by atoms with van der Waals surface area (Å²) in [6.45, 7) is 4.05. The molecule has 0 spiro atoms. The quantitative estimate of drug-likeness (QED) is 0.485. The molecule has 2 N–H and O–H groups in total. The number of rotatable bonds is 9. The monoisotopic (exact) mass is 358 g/mol. The predicted octanol–water partition coefficient (Wildman–Crippen LogP) is 0.293. The molecule has 0 fully saturated rings. The molecule has 8 nitrogen and oxygen atoms in total. The fraction of sp³-hybridized carbons (Fsp3) is 0.467. The van der Waals surface area contributed by atoms with Crippen molar-refractivity contribution in [2.24, 2.45) is 0 Å². The van der Waals surface area contributed by atoms with Crippen LogP contribution in [0.3, 0.4) is 0 Å². The number of hydrogen-bond acceptors (Lipinski definition) is 6. The number of carbonyl (C=O) groups is 2.